The van der Waals surface area contributed by atoms with Gasteiger partial charge in [0.05, 0.1) is 23.6 Å². The van der Waals surface area contributed by atoms with Crippen molar-refractivity contribution in [2.45, 2.75) is 17.6 Å². The molecule has 0 aliphatic carbocycles. The number of hydrogen-bond donors (Lipinski definition) is 1. The Kier molecular flexibility index (Phi) is 6.33. The molecule has 0 spiro atoms. The van der Waals surface area contributed by atoms with Crippen molar-refractivity contribution < 1.29 is 14.1 Å². The van der Waals surface area contributed by atoms with Crippen LogP contribution in [0.5, 0.6) is 5.75 Å². The second kappa shape index (κ2) is 9.10. The second-order valence-electron chi connectivity index (χ2n) is 5.64. The molecule has 5 nitrogen and oxygen atoms in total. The van der Waals surface area contributed by atoms with Crippen LogP contribution in [0.3, 0.4) is 0 Å². The second-order valence-corrected chi connectivity index (χ2v) is 6.65. The van der Waals surface area contributed by atoms with Gasteiger partial charge in [0.25, 0.3) is 5.91 Å². The van der Waals surface area contributed by atoms with E-state index >= 15 is 0 Å². The minimum atomic E-state index is -0.112. The van der Waals surface area contributed by atoms with Crippen molar-refractivity contribution in [3.63, 3.8) is 0 Å². The fraction of sp³-hybridized carbons (Fsp3) is 0.200. The van der Waals surface area contributed by atoms with Crippen LogP contribution in [0, 0.1) is 6.92 Å². The molecule has 1 aromatic heterocycles. The van der Waals surface area contributed by atoms with E-state index in [0.717, 1.165) is 22.1 Å². The van der Waals surface area contributed by atoms with Gasteiger partial charge in [0.2, 0.25) is 0 Å². The van der Waals surface area contributed by atoms with Crippen molar-refractivity contribution >= 4 is 17.7 Å². The Morgan fingerprint density at radius 3 is 2.69 bits per heavy atom. The molecule has 0 aliphatic rings. The maximum absolute atomic E-state index is 12.5. The molecular weight excluding hydrogens is 348 g/mol. The number of aromatic nitrogens is 1. The molecule has 0 saturated heterocycles. The summed E-state index contributed by atoms with van der Waals surface area (Å²) in [4.78, 5) is 13.4. The monoisotopic (exact) mass is 368 g/mol. The van der Waals surface area contributed by atoms with E-state index in [2.05, 4.69) is 10.5 Å². The van der Waals surface area contributed by atoms with Crippen LogP contribution in [0.2, 0.25) is 0 Å². The number of para-hydroxylation sites is 1. The van der Waals surface area contributed by atoms with Crippen LogP contribution in [0.15, 0.2) is 70.1 Å². The van der Waals surface area contributed by atoms with Gasteiger partial charge in [0.15, 0.2) is 0 Å². The molecule has 3 aromatic rings. The van der Waals surface area contributed by atoms with E-state index in [0.29, 0.717) is 24.5 Å². The van der Waals surface area contributed by atoms with E-state index in [9.17, 15) is 4.79 Å². The third-order valence-corrected chi connectivity index (χ3v) is 4.67. The van der Waals surface area contributed by atoms with Gasteiger partial charge in [-0.15, -0.1) is 11.8 Å². The Bertz CT molecular complexity index is 849. The largest absolute Gasteiger partial charge is 0.492 e. The zero-order valence-electron chi connectivity index (χ0n) is 14.5. The summed E-state index contributed by atoms with van der Waals surface area (Å²) in [6.07, 6.45) is 0. The summed E-state index contributed by atoms with van der Waals surface area (Å²) in [5.74, 6) is 2.10. The molecule has 2 aromatic carbocycles. The number of carbonyl (C=O) groups excluding carboxylic acids is 1. The van der Waals surface area contributed by atoms with Gasteiger partial charge in [-0.2, -0.15) is 0 Å². The quantitative estimate of drug-likeness (QED) is 0.479. The van der Waals surface area contributed by atoms with Crippen molar-refractivity contribution in [3.05, 3.63) is 77.7 Å². The summed E-state index contributed by atoms with van der Waals surface area (Å²) < 4.78 is 10.8. The summed E-state index contributed by atoms with van der Waals surface area (Å²) >= 11 is 1.55. The zero-order chi connectivity index (χ0) is 18.2. The molecule has 0 unspecified atom stereocenters. The molecule has 0 atom stereocenters. The molecule has 0 saturated carbocycles. The normalized spacial score (nSPS) is 10.5. The van der Waals surface area contributed by atoms with Gasteiger partial charge in [-0.1, -0.05) is 35.5 Å². The first-order valence-electron chi connectivity index (χ1n) is 8.32. The Labute approximate surface area is 156 Å². The van der Waals surface area contributed by atoms with Crippen molar-refractivity contribution in [2.75, 3.05) is 13.2 Å². The van der Waals surface area contributed by atoms with Crippen LogP contribution >= 0.6 is 11.8 Å². The maximum atomic E-state index is 12.5. The van der Waals surface area contributed by atoms with Crippen LogP contribution in [-0.2, 0) is 5.75 Å². The summed E-state index contributed by atoms with van der Waals surface area (Å²) in [5.41, 5.74) is 1.50. The Morgan fingerprint density at radius 2 is 1.92 bits per heavy atom. The van der Waals surface area contributed by atoms with E-state index in [4.69, 9.17) is 9.26 Å². The van der Waals surface area contributed by atoms with Crippen LogP contribution in [0.1, 0.15) is 21.8 Å². The molecule has 0 radical (unpaired) electrons. The van der Waals surface area contributed by atoms with E-state index in [1.165, 1.54) is 0 Å². The lowest BCUT2D eigenvalue weighted by molar-refractivity contribution is 0.0944. The molecular formula is C20H20N2O3S. The third-order valence-electron chi connectivity index (χ3n) is 3.58. The van der Waals surface area contributed by atoms with Gasteiger partial charge in [-0.25, -0.2) is 0 Å². The lowest BCUT2D eigenvalue weighted by Crippen LogP contribution is -2.28. The molecule has 0 aliphatic heterocycles. The van der Waals surface area contributed by atoms with Crippen LogP contribution in [0.25, 0.3) is 0 Å². The highest BCUT2D eigenvalue weighted by Crippen LogP contribution is 2.26. The highest BCUT2D eigenvalue weighted by Gasteiger charge is 2.12. The smallest absolute Gasteiger partial charge is 0.252 e. The Balaban J connectivity index is 1.52. The molecule has 3 rings (SSSR count). The van der Waals surface area contributed by atoms with Crippen molar-refractivity contribution in [3.8, 4) is 5.75 Å². The number of aryl methyl sites for hydroxylation is 1. The van der Waals surface area contributed by atoms with Gasteiger partial charge in [0.1, 0.15) is 18.1 Å². The molecule has 0 bridgehead atoms. The molecule has 26 heavy (non-hydrogen) atoms. The first-order valence-corrected chi connectivity index (χ1v) is 9.31. The van der Waals surface area contributed by atoms with E-state index in [1.807, 2.05) is 67.6 Å². The number of amides is 1. The van der Waals surface area contributed by atoms with Crippen molar-refractivity contribution in [1.29, 1.82) is 0 Å². The number of carbonyl (C=O) groups is 1. The summed E-state index contributed by atoms with van der Waals surface area (Å²) in [7, 11) is 0. The van der Waals surface area contributed by atoms with Gasteiger partial charge in [-0.05, 0) is 31.2 Å². The van der Waals surface area contributed by atoms with Gasteiger partial charge >= 0.3 is 0 Å². The highest BCUT2D eigenvalue weighted by molar-refractivity contribution is 7.98. The topological polar surface area (TPSA) is 64.4 Å². The van der Waals surface area contributed by atoms with Gasteiger partial charge < -0.3 is 14.6 Å². The number of thioether (sulfide) groups is 1. The average Bonchev–Trinajstić information content (AvgIpc) is 3.10. The fourth-order valence-electron chi connectivity index (χ4n) is 2.36. The number of nitrogens with zero attached hydrogens (tertiary/aromatic N) is 1. The van der Waals surface area contributed by atoms with Crippen molar-refractivity contribution in [2.24, 2.45) is 0 Å². The molecule has 0 fully saturated rings. The Hall–Kier alpha value is -2.73. The maximum Gasteiger partial charge on any atom is 0.252 e. The minimum Gasteiger partial charge on any atom is -0.492 e. The van der Waals surface area contributed by atoms with Crippen LogP contribution < -0.4 is 10.1 Å². The van der Waals surface area contributed by atoms with Gasteiger partial charge in [-0.3, -0.25) is 4.79 Å². The predicted octanol–water partition coefficient (Wildman–Crippen LogP) is 4.08. The summed E-state index contributed by atoms with van der Waals surface area (Å²) in [5, 5.41) is 6.78. The van der Waals surface area contributed by atoms with E-state index < -0.39 is 0 Å². The minimum absolute atomic E-state index is 0.112. The number of nitrogens with one attached hydrogen (secondary N) is 1. The molecule has 6 heteroatoms. The first kappa shape index (κ1) is 18.1. The van der Waals surface area contributed by atoms with E-state index in [1.54, 1.807) is 11.8 Å². The molecule has 1 N–H and O–H groups in total. The lowest BCUT2D eigenvalue weighted by Gasteiger charge is -2.10. The van der Waals surface area contributed by atoms with Crippen LogP contribution in [-0.4, -0.2) is 24.2 Å². The summed E-state index contributed by atoms with van der Waals surface area (Å²) in [6.45, 7) is 2.74. The molecule has 1 amide bonds. The molecule has 134 valence electrons. The van der Waals surface area contributed by atoms with Gasteiger partial charge in [0, 0.05) is 11.0 Å². The first-order chi connectivity index (χ1) is 12.7. The summed E-state index contributed by atoms with van der Waals surface area (Å²) in [6, 6.07) is 19.0. The Morgan fingerprint density at radius 1 is 1.15 bits per heavy atom. The lowest BCUT2D eigenvalue weighted by atomic mass is 10.2. The predicted molar refractivity (Wildman–Crippen MR) is 102 cm³/mol. The molecule has 1 heterocycles. The standard InChI is InChI=1S/C20H20N2O3S/c1-15-13-17(25-22-15)14-26-19-10-6-5-9-18(19)20(23)21-11-12-24-16-7-3-2-4-8-16/h2-10,13H,11-12,14H2,1H3,(H,21,23). The van der Waals surface area contributed by atoms with Crippen LogP contribution in [0.4, 0.5) is 0 Å². The highest BCUT2D eigenvalue weighted by atomic mass is 32.2. The SMILES string of the molecule is Cc1cc(CSc2ccccc2C(=O)NCCOc2ccccc2)on1. The number of hydrogen-bond acceptors (Lipinski definition) is 5. The number of benzene rings is 2. The third kappa shape index (κ3) is 5.13. The zero-order valence-corrected chi connectivity index (χ0v) is 15.3. The number of ether oxygens (including phenoxy) is 1. The number of rotatable bonds is 8. The fourth-order valence-corrected chi connectivity index (χ4v) is 3.28. The van der Waals surface area contributed by atoms with Crippen molar-refractivity contribution in [1.82, 2.24) is 10.5 Å². The van der Waals surface area contributed by atoms with E-state index in [-0.39, 0.29) is 5.91 Å². The average molecular weight is 368 g/mol.